The minimum absolute atomic E-state index is 0.00845. The molecule has 2 amide bonds. The van der Waals surface area contributed by atoms with Gasteiger partial charge in [0.05, 0.1) is 12.2 Å². The highest BCUT2D eigenvalue weighted by Crippen LogP contribution is 2.30. The third-order valence-corrected chi connectivity index (χ3v) is 5.22. The number of aromatic nitrogens is 1. The predicted molar refractivity (Wildman–Crippen MR) is 92.9 cm³/mol. The van der Waals surface area contributed by atoms with Gasteiger partial charge in [0.1, 0.15) is 6.10 Å². The van der Waals surface area contributed by atoms with Crippen LogP contribution < -0.4 is 5.32 Å². The van der Waals surface area contributed by atoms with Gasteiger partial charge in [-0.05, 0) is 18.3 Å². The van der Waals surface area contributed by atoms with Crippen LogP contribution in [0.5, 0.6) is 0 Å². The van der Waals surface area contributed by atoms with Crippen LogP contribution in [0.2, 0.25) is 0 Å². The van der Waals surface area contributed by atoms with E-state index >= 15 is 0 Å². The number of carbonyl (C=O) groups excluding carboxylic acids is 2. The molecule has 2 aliphatic rings. The van der Waals surface area contributed by atoms with Gasteiger partial charge >= 0.3 is 0 Å². The fraction of sp³-hybridized carbons (Fsp3) is 0.706. The van der Waals surface area contributed by atoms with E-state index in [9.17, 15) is 9.59 Å². The van der Waals surface area contributed by atoms with Gasteiger partial charge in [-0.2, -0.15) is 0 Å². The van der Waals surface area contributed by atoms with E-state index in [0.717, 1.165) is 29.8 Å². The van der Waals surface area contributed by atoms with Gasteiger partial charge in [0.25, 0.3) is 5.91 Å². The topological polar surface area (TPSA) is 71.5 Å². The predicted octanol–water partition coefficient (Wildman–Crippen LogP) is 2.58. The van der Waals surface area contributed by atoms with Gasteiger partial charge in [-0.15, -0.1) is 0 Å². The van der Waals surface area contributed by atoms with Crippen LogP contribution in [0.25, 0.3) is 0 Å². The molecule has 2 aliphatic heterocycles. The van der Waals surface area contributed by atoms with E-state index in [0.29, 0.717) is 31.2 Å². The number of amides is 2. The van der Waals surface area contributed by atoms with Gasteiger partial charge in [0, 0.05) is 30.9 Å². The number of thiazole rings is 1. The Morgan fingerprint density at radius 1 is 1.42 bits per heavy atom. The van der Waals surface area contributed by atoms with Crippen molar-refractivity contribution in [1.82, 2.24) is 9.88 Å². The Morgan fingerprint density at radius 3 is 2.88 bits per heavy atom. The minimum atomic E-state index is -0.351. The first-order valence-corrected chi connectivity index (χ1v) is 9.32. The van der Waals surface area contributed by atoms with Crippen molar-refractivity contribution in [2.45, 2.75) is 59.1 Å². The van der Waals surface area contributed by atoms with Crippen molar-refractivity contribution in [3.63, 3.8) is 0 Å². The zero-order valence-corrected chi connectivity index (χ0v) is 15.4. The molecular formula is C17H25N3O3S. The highest BCUT2D eigenvalue weighted by atomic mass is 32.1. The largest absolute Gasteiger partial charge is 0.368 e. The molecule has 3 heterocycles. The van der Waals surface area contributed by atoms with Crippen LogP contribution in [-0.2, 0) is 27.3 Å². The lowest BCUT2D eigenvalue weighted by molar-refractivity contribution is -0.134. The summed E-state index contributed by atoms with van der Waals surface area (Å²) in [7, 11) is 0. The second kappa shape index (κ2) is 6.80. The number of nitrogens with zero attached hydrogens (tertiary/aromatic N) is 2. The van der Waals surface area contributed by atoms with Gasteiger partial charge in [-0.3, -0.25) is 14.9 Å². The summed E-state index contributed by atoms with van der Waals surface area (Å²) in [6.07, 6.45) is 2.64. The van der Waals surface area contributed by atoms with Gasteiger partial charge in [-0.25, -0.2) is 4.98 Å². The second-order valence-electron chi connectivity index (χ2n) is 7.68. The Labute approximate surface area is 146 Å². The molecule has 0 bridgehead atoms. The third kappa shape index (κ3) is 4.13. The van der Waals surface area contributed by atoms with Crippen molar-refractivity contribution in [3.8, 4) is 0 Å². The number of hydrogen-bond acceptors (Lipinski definition) is 5. The quantitative estimate of drug-likeness (QED) is 0.908. The molecule has 0 saturated carbocycles. The van der Waals surface area contributed by atoms with Gasteiger partial charge in [0.2, 0.25) is 5.91 Å². The molecule has 1 atom stereocenters. The fourth-order valence-electron chi connectivity index (χ4n) is 3.00. The number of carbonyl (C=O) groups is 2. The summed E-state index contributed by atoms with van der Waals surface area (Å²) in [4.78, 5) is 32.0. The minimum Gasteiger partial charge on any atom is -0.368 e. The first kappa shape index (κ1) is 17.4. The fourth-order valence-corrected chi connectivity index (χ4v) is 4.02. The first-order chi connectivity index (χ1) is 11.3. The molecule has 0 aliphatic carbocycles. The summed E-state index contributed by atoms with van der Waals surface area (Å²) in [6, 6.07) is 0. The second-order valence-corrected chi connectivity index (χ2v) is 8.77. The highest BCUT2D eigenvalue weighted by Gasteiger charge is 2.28. The van der Waals surface area contributed by atoms with Crippen LogP contribution in [-0.4, -0.2) is 41.0 Å². The number of ether oxygens (including phenoxy) is 1. The van der Waals surface area contributed by atoms with Crippen molar-refractivity contribution in [3.05, 3.63) is 10.6 Å². The molecule has 1 unspecified atom stereocenters. The molecule has 0 aromatic carbocycles. The molecule has 0 spiro atoms. The summed E-state index contributed by atoms with van der Waals surface area (Å²) < 4.78 is 5.40. The van der Waals surface area contributed by atoms with E-state index < -0.39 is 0 Å². The lowest BCUT2D eigenvalue weighted by atomic mass is 9.91. The molecule has 1 aromatic rings. The molecule has 1 fully saturated rings. The number of hydrogen-bond donors (Lipinski definition) is 1. The molecule has 132 valence electrons. The van der Waals surface area contributed by atoms with Crippen LogP contribution >= 0.6 is 11.3 Å². The van der Waals surface area contributed by atoms with Crippen molar-refractivity contribution in [2.24, 2.45) is 5.41 Å². The van der Waals surface area contributed by atoms with E-state index in [2.05, 4.69) is 31.1 Å². The molecule has 1 N–H and O–H groups in total. The monoisotopic (exact) mass is 351 g/mol. The lowest BCUT2D eigenvalue weighted by Gasteiger charge is -2.29. The van der Waals surface area contributed by atoms with Crippen LogP contribution in [0, 0.1) is 5.41 Å². The maximum Gasteiger partial charge on any atom is 0.255 e. The zero-order valence-electron chi connectivity index (χ0n) is 14.6. The summed E-state index contributed by atoms with van der Waals surface area (Å²) in [5.74, 6) is 0.0748. The SMILES string of the molecule is CC(C)(C)CC(=O)N1CCc2nc(NC(=O)C3CCCO3)sc2C1. The molecule has 7 heteroatoms. The van der Waals surface area contributed by atoms with Crippen LogP contribution in [0.3, 0.4) is 0 Å². The summed E-state index contributed by atoms with van der Waals surface area (Å²) in [5, 5.41) is 3.48. The van der Waals surface area contributed by atoms with Crippen molar-refractivity contribution >= 4 is 28.3 Å². The summed E-state index contributed by atoms with van der Waals surface area (Å²) >= 11 is 1.47. The summed E-state index contributed by atoms with van der Waals surface area (Å²) in [6.45, 7) is 8.17. The van der Waals surface area contributed by atoms with Crippen LogP contribution in [0.15, 0.2) is 0 Å². The van der Waals surface area contributed by atoms with Crippen LogP contribution in [0.1, 0.15) is 50.6 Å². The average molecular weight is 351 g/mol. The normalized spacial score (nSPS) is 20.8. The zero-order chi connectivity index (χ0) is 17.3. The number of nitrogens with one attached hydrogen (secondary N) is 1. The smallest absolute Gasteiger partial charge is 0.255 e. The van der Waals surface area contributed by atoms with E-state index in [1.807, 2.05) is 4.90 Å². The molecule has 0 radical (unpaired) electrons. The van der Waals surface area contributed by atoms with E-state index in [-0.39, 0.29) is 23.3 Å². The average Bonchev–Trinajstić information content (AvgIpc) is 3.13. The van der Waals surface area contributed by atoms with E-state index in [4.69, 9.17) is 4.74 Å². The maximum atomic E-state index is 12.4. The number of anilines is 1. The highest BCUT2D eigenvalue weighted by molar-refractivity contribution is 7.15. The molecular weight excluding hydrogens is 326 g/mol. The molecule has 1 aromatic heterocycles. The third-order valence-electron chi connectivity index (χ3n) is 4.22. The van der Waals surface area contributed by atoms with Gasteiger partial charge in [0.15, 0.2) is 5.13 Å². The summed E-state index contributed by atoms with van der Waals surface area (Å²) in [5.41, 5.74) is 0.994. The molecule has 1 saturated heterocycles. The Balaban J connectivity index is 1.62. The maximum absolute atomic E-state index is 12.4. The van der Waals surface area contributed by atoms with Crippen molar-refractivity contribution < 1.29 is 14.3 Å². The van der Waals surface area contributed by atoms with Crippen molar-refractivity contribution in [1.29, 1.82) is 0 Å². The Bertz CT molecular complexity index is 630. The standard InChI is InChI=1S/C17H25N3O3S/c1-17(2,3)9-14(21)20-7-6-11-13(10-20)24-16(18-11)19-15(22)12-5-4-8-23-12/h12H,4-10H2,1-3H3,(H,18,19,22). The van der Waals surface area contributed by atoms with Gasteiger partial charge < -0.3 is 9.64 Å². The molecule has 24 heavy (non-hydrogen) atoms. The molecule has 6 nitrogen and oxygen atoms in total. The Morgan fingerprint density at radius 2 is 2.21 bits per heavy atom. The van der Waals surface area contributed by atoms with E-state index in [1.165, 1.54) is 11.3 Å². The van der Waals surface area contributed by atoms with Crippen LogP contribution in [0.4, 0.5) is 5.13 Å². The number of fused-ring (bicyclic) bond motifs is 1. The lowest BCUT2D eigenvalue weighted by Crippen LogP contribution is -2.37. The molecule has 3 rings (SSSR count). The van der Waals surface area contributed by atoms with E-state index in [1.54, 1.807) is 0 Å². The Kier molecular flexibility index (Phi) is 4.92. The van der Waals surface area contributed by atoms with Crippen molar-refractivity contribution in [2.75, 3.05) is 18.5 Å². The van der Waals surface area contributed by atoms with Gasteiger partial charge in [-0.1, -0.05) is 32.1 Å². The number of rotatable bonds is 3. The first-order valence-electron chi connectivity index (χ1n) is 8.51. The Hall–Kier alpha value is -1.47.